The molecule has 0 fully saturated rings. The molecule has 2 rings (SSSR count). The molecule has 0 saturated heterocycles. The van der Waals surface area contributed by atoms with Crippen LogP contribution >= 0.6 is 0 Å². The normalized spacial score (nSPS) is 13.2. The Morgan fingerprint density at radius 1 is 1.19 bits per heavy atom. The van der Waals surface area contributed by atoms with E-state index >= 15 is 0 Å². The molecule has 1 unspecified atom stereocenters. The summed E-state index contributed by atoms with van der Waals surface area (Å²) in [5, 5.41) is 10.7. The minimum Gasteiger partial charge on any atom is -0.361 e. The molecule has 1 atom stereocenters. The van der Waals surface area contributed by atoms with E-state index in [1.54, 1.807) is 13.8 Å². The monoisotopic (exact) mass is 292 g/mol. The first-order valence-electron chi connectivity index (χ1n) is 6.78. The van der Waals surface area contributed by atoms with E-state index in [1.807, 2.05) is 27.7 Å². The van der Waals surface area contributed by atoms with Gasteiger partial charge in [0.25, 0.3) is 0 Å². The first kappa shape index (κ1) is 15.2. The van der Waals surface area contributed by atoms with Gasteiger partial charge >= 0.3 is 0 Å². The zero-order chi connectivity index (χ0) is 15.8. The Hall–Kier alpha value is -2.18. The highest BCUT2D eigenvalue weighted by Gasteiger charge is 2.32. The molecule has 0 aliphatic rings. The van der Waals surface area contributed by atoms with E-state index in [1.165, 1.54) is 0 Å². The Balaban J connectivity index is 2.17. The summed E-state index contributed by atoms with van der Waals surface area (Å²) in [7, 11) is 0. The zero-order valence-corrected chi connectivity index (χ0v) is 13.1. The van der Waals surface area contributed by atoms with Gasteiger partial charge in [0.1, 0.15) is 5.76 Å². The second-order valence-corrected chi connectivity index (χ2v) is 5.71. The average Bonchev–Trinajstić information content (AvgIpc) is 2.95. The predicted molar refractivity (Wildman–Crippen MR) is 74.6 cm³/mol. The van der Waals surface area contributed by atoms with Gasteiger partial charge in [-0.05, 0) is 34.6 Å². The van der Waals surface area contributed by atoms with Crippen molar-refractivity contribution in [1.82, 2.24) is 20.6 Å². The minimum atomic E-state index is -0.720. The van der Waals surface area contributed by atoms with Crippen LogP contribution in [0.5, 0.6) is 0 Å². The summed E-state index contributed by atoms with van der Waals surface area (Å²) in [5.74, 6) is 1.05. The number of nitrogens with zero attached hydrogens (tertiary/aromatic N) is 3. The first-order chi connectivity index (χ1) is 9.72. The molecule has 7 nitrogen and oxygen atoms in total. The molecule has 2 heterocycles. The van der Waals surface area contributed by atoms with Crippen molar-refractivity contribution in [2.45, 2.75) is 53.0 Å². The fraction of sp³-hybridized carbons (Fsp3) is 0.571. The lowest BCUT2D eigenvalue weighted by molar-refractivity contribution is -0.124. The van der Waals surface area contributed by atoms with Gasteiger partial charge in [-0.3, -0.25) is 4.79 Å². The Morgan fingerprint density at radius 2 is 1.86 bits per heavy atom. The van der Waals surface area contributed by atoms with E-state index < -0.39 is 5.54 Å². The van der Waals surface area contributed by atoms with Crippen LogP contribution in [-0.4, -0.2) is 21.2 Å². The Kier molecular flexibility index (Phi) is 3.85. The third-order valence-corrected chi connectivity index (χ3v) is 3.44. The third kappa shape index (κ3) is 2.96. The topological polar surface area (TPSA) is 94.1 Å². The second-order valence-electron chi connectivity index (χ2n) is 5.71. The Bertz CT molecular complexity index is 637. The molecule has 2 aromatic rings. The van der Waals surface area contributed by atoms with Gasteiger partial charge in [0, 0.05) is 12.5 Å². The number of amides is 1. The van der Waals surface area contributed by atoms with Gasteiger partial charge in [0.2, 0.25) is 11.8 Å². The lowest BCUT2D eigenvalue weighted by Crippen LogP contribution is -2.43. The van der Waals surface area contributed by atoms with Gasteiger partial charge in [-0.15, -0.1) is 0 Å². The summed E-state index contributed by atoms with van der Waals surface area (Å²) < 4.78 is 10.1. The molecule has 7 heteroatoms. The number of nitrogens with one attached hydrogen (secondary N) is 1. The summed E-state index contributed by atoms with van der Waals surface area (Å²) in [6, 6.07) is 0. The third-order valence-electron chi connectivity index (χ3n) is 3.44. The fourth-order valence-corrected chi connectivity index (χ4v) is 2.26. The Morgan fingerprint density at radius 3 is 2.33 bits per heavy atom. The van der Waals surface area contributed by atoms with Crippen molar-refractivity contribution in [3.05, 3.63) is 28.7 Å². The van der Waals surface area contributed by atoms with Crippen molar-refractivity contribution < 1.29 is 13.8 Å². The molecule has 0 spiro atoms. The van der Waals surface area contributed by atoms with Crippen LogP contribution in [0.3, 0.4) is 0 Å². The summed E-state index contributed by atoms with van der Waals surface area (Å²) >= 11 is 0. The molecule has 114 valence electrons. The van der Waals surface area contributed by atoms with E-state index in [2.05, 4.69) is 20.6 Å². The SMILES string of the molecule is Cc1nc(C(C)(C)NC(=O)C(C)c2c(C)noc2C)no1. The molecular weight excluding hydrogens is 272 g/mol. The standard InChI is InChI=1S/C14H20N4O3/c1-7(11-8(2)17-20-9(11)3)12(19)16-14(5,6)13-15-10(4)21-18-13/h7H,1-6H3,(H,16,19). The number of aromatic nitrogens is 3. The van der Waals surface area contributed by atoms with Crippen LogP contribution in [0.1, 0.15) is 55.4 Å². The van der Waals surface area contributed by atoms with Crippen LogP contribution in [0.15, 0.2) is 9.05 Å². The molecule has 1 amide bonds. The molecule has 21 heavy (non-hydrogen) atoms. The van der Waals surface area contributed by atoms with Gasteiger partial charge in [-0.25, -0.2) is 0 Å². The summed E-state index contributed by atoms with van der Waals surface area (Å²) in [6.45, 7) is 10.8. The number of hydrogen-bond acceptors (Lipinski definition) is 6. The molecule has 0 aliphatic carbocycles. The summed E-state index contributed by atoms with van der Waals surface area (Å²) in [6.07, 6.45) is 0. The summed E-state index contributed by atoms with van der Waals surface area (Å²) in [4.78, 5) is 16.6. The van der Waals surface area contributed by atoms with Gasteiger partial charge in [-0.1, -0.05) is 10.3 Å². The molecule has 1 N–H and O–H groups in total. The quantitative estimate of drug-likeness (QED) is 0.927. The maximum atomic E-state index is 12.5. The van der Waals surface area contributed by atoms with Crippen molar-refractivity contribution in [3.8, 4) is 0 Å². The van der Waals surface area contributed by atoms with Crippen LogP contribution in [0.25, 0.3) is 0 Å². The number of carbonyl (C=O) groups excluding carboxylic acids is 1. The van der Waals surface area contributed by atoms with Crippen LogP contribution < -0.4 is 5.32 Å². The van der Waals surface area contributed by atoms with Gasteiger partial charge in [0.15, 0.2) is 5.82 Å². The number of hydrogen-bond donors (Lipinski definition) is 1. The van der Waals surface area contributed by atoms with Crippen molar-refractivity contribution in [3.63, 3.8) is 0 Å². The number of carbonyl (C=O) groups is 1. The first-order valence-corrected chi connectivity index (χ1v) is 6.78. The average molecular weight is 292 g/mol. The highest BCUT2D eigenvalue weighted by atomic mass is 16.5. The maximum Gasteiger partial charge on any atom is 0.228 e. The van der Waals surface area contributed by atoms with Crippen molar-refractivity contribution in [1.29, 1.82) is 0 Å². The van der Waals surface area contributed by atoms with E-state index in [-0.39, 0.29) is 11.8 Å². The largest absolute Gasteiger partial charge is 0.361 e. The van der Waals surface area contributed by atoms with Crippen molar-refractivity contribution in [2.24, 2.45) is 0 Å². The number of aryl methyl sites for hydroxylation is 3. The van der Waals surface area contributed by atoms with Crippen LogP contribution in [0.2, 0.25) is 0 Å². The van der Waals surface area contributed by atoms with Crippen molar-refractivity contribution in [2.75, 3.05) is 0 Å². The van der Waals surface area contributed by atoms with E-state index in [4.69, 9.17) is 9.05 Å². The van der Waals surface area contributed by atoms with Crippen LogP contribution in [-0.2, 0) is 10.3 Å². The van der Waals surface area contributed by atoms with Crippen LogP contribution in [0.4, 0.5) is 0 Å². The lowest BCUT2D eigenvalue weighted by atomic mass is 9.96. The van der Waals surface area contributed by atoms with Crippen LogP contribution in [0, 0.1) is 20.8 Å². The predicted octanol–water partition coefficient (Wildman–Crippen LogP) is 2.14. The fourth-order valence-electron chi connectivity index (χ4n) is 2.26. The number of rotatable bonds is 4. The van der Waals surface area contributed by atoms with Gasteiger partial charge in [0.05, 0.1) is 17.2 Å². The maximum absolute atomic E-state index is 12.5. The zero-order valence-electron chi connectivity index (χ0n) is 13.1. The molecule has 0 aromatic carbocycles. The lowest BCUT2D eigenvalue weighted by Gasteiger charge is -2.24. The van der Waals surface area contributed by atoms with E-state index in [0.29, 0.717) is 17.5 Å². The molecule has 2 aromatic heterocycles. The van der Waals surface area contributed by atoms with E-state index in [9.17, 15) is 4.79 Å². The second kappa shape index (κ2) is 5.31. The highest BCUT2D eigenvalue weighted by Crippen LogP contribution is 2.25. The minimum absolute atomic E-state index is 0.142. The smallest absolute Gasteiger partial charge is 0.228 e. The van der Waals surface area contributed by atoms with Gasteiger partial charge in [-0.2, -0.15) is 4.98 Å². The van der Waals surface area contributed by atoms with Gasteiger partial charge < -0.3 is 14.4 Å². The molecule has 0 saturated carbocycles. The Labute approximate surface area is 123 Å². The highest BCUT2D eigenvalue weighted by molar-refractivity contribution is 5.84. The summed E-state index contributed by atoms with van der Waals surface area (Å²) in [5.41, 5.74) is 0.818. The molecule has 0 radical (unpaired) electrons. The molecule has 0 aliphatic heterocycles. The molecular formula is C14H20N4O3. The molecule has 0 bridgehead atoms. The van der Waals surface area contributed by atoms with E-state index in [0.717, 1.165) is 11.3 Å². The van der Waals surface area contributed by atoms with Crippen molar-refractivity contribution >= 4 is 5.91 Å².